The lowest BCUT2D eigenvalue weighted by molar-refractivity contribution is -0.161. The molecule has 4 N–H and O–H groups in total. The van der Waals surface area contributed by atoms with E-state index in [-0.39, 0.29) is 25.6 Å². The summed E-state index contributed by atoms with van der Waals surface area (Å²) in [7, 11) is -4.64. The summed E-state index contributed by atoms with van der Waals surface area (Å²) in [6, 6.07) is 0. The Hall–Kier alpha value is -2.37. The summed E-state index contributed by atoms with van der Waals surface area (Å²) in [6.07, 6.45) is 39.5. The Morgan fingerprint density at radius 3 is 1.71 bits per heavy atom. The maximum atomic E-state index is 12.6. The van der Waals surface area contributed by atoms with E-state index in [4.69, 9.17) is 19.1 Å². The molecule has 4 atom stereocenters. The average Bonchev–Trinajstić information content (AvgIpc) is 3.18. The minimum atomic E-state index is -4.64. The number of rotatable bonds is 39. The number of phosphoric acid groups is 1. The molecule has 0 heterocycles. The van der Waals surface area contributed by atoms with Gasteiger partial charge in [-0.3, -0.25) is 18.6 Å². The second-order valence-electron chi connectivity index (χ2n) is 14.2. The Morgan fingerprint density at radius 1 is 0.589 bits per heavy atom. The number of carbonyl (C=O) groups is 2. The standard InChI is InChI=1S/C44H77O11P/c1-3-5-7-8-9-10-11-12-13-14-19-22-25-28-31-35-44(49)55-42(39-54-56(50,51)53-37-41(47)36-45)38-52-43(48)34-30-27-24-21-18-16-15-17-20-23-26-29-33-40(46)32-6-4-2/h10-11,15-16,20-21,23-24,29,33,40-42,45-47H,3-9,12-14,17-19,22,25-28,30-32,34-39H2,1-2H3,(H,50,51)/b11-10-,16-15-,23-20-,24-21-,33-29-/t40-,41-,42+/m0/s1. The number of hydrogen-bond acceptors (Lipinski definition) is 10. The van der Waals surface area contributed by atoms with Crippen LogP contribution in [0.1, 0.15) is 162 Å². The Labute approximate surface area is 338 Å². The number of ether oxygens (including phenoxy) is 2. The lowest BCUT2D eigenvalue weighted by Gasteiger charge is -2.20. The van der Waals surface area contributed by atoms with Crippen molar-refractivity contribution in [3.05, 3.63) is 60.8 Å². The molecule has 11 nitrogen and oxygen atoms in total. The second kappa shape index (κ2) is 39.5. The second-order valence-corrected chi connectivity index (χ2v) is 15.6. The first-order chi connectivity index (χ1) is 27.1. The molecule has 56 heavy (non-hydrogen) atoms. The van der Waals surface area contributed by atoms with Crippen LogP contribution in [0, 0.1) is 0 Å². The Bertz CT molecular complexity index is 1130. The van der Waals surface area contributed by atoms with E-state index in [1.54, 1.807) is 0 Å². The number of allylic oxidation sites excluding steroid dienone is 9. The normalized spacial score (nSPS) is 15.0. The van der Waals surface area contributed by atoms with Crippen molar-refractivity contribution >= 4 is 19.8 Å². The van der Waals surface area contributed by atoms with Crippen molar-refractivity contribution in [2.45, 2.75) is 180 Å². The lowest BCUT2D eigenvalue weighted by atomic mass is 10.1. The fourth-order valence-electron chi connectivity index (χ4n) is 5.35. The zero-order valence-electron chi connectivity index (χ0n) is 34.7. The van der Waals surface area contributed by atoms with Crippen LogP contribution in [-0.2, 0) is 32.7 Å². The Balaban J connectivity index is 4.44. The summed E-state index contributed by atoms with van der Waals surface area (Å²) in [5, 5.41) is 28.1. The minimum absolute atomic E-state index is 0.146. The Morgan fingerprint density at radius 2 is 1.09 bits per heavy atom. The predicted octanol–water partition coefficient (Wildman–Crippen LogP) is 10.1. The summed E-state index contributed by atoms with van der Waals surface area (Å²) in [5.74, 6) is -1.02. The van der Waals surface area contributed by atoms with Crippen molar-refractivity contribution in [3.8, 4) is 0 Å². The number of hydrogen-bond donors (Lipinski definition) is 4. The van der Waals surface area contributed by atoms with E-state index in [0.29, 0.717) is 19.3 Å². The van der Waals surface area contributed by atoms with Gasteiger partial charge < -0.3 is 29.7 Å². The number of phosphoric ester groups is 1. The molecule has 0 aromatic rings. The summed E-state index contributed by atoms with van der Waals surface area (Å²) >= 11 is 0. The van der Waals surface area contributed by atoms with Gasteiger partial charge in [-0.2, -0.15) is 0 Å². The predicted molar refractivity (Wildman–Crippen MR) is 225 cm³/mol. The molecule has 12 heteroatoms. The number of carbonyl (C=O) groups excluding carboxylic acids is 2. The molecule has 0 aromatic heterocycles. The number of aliphatic hydroxyl groups excluding tert-OH is 3. The molecule has 0 fully saturated rings. The van der Waals surface area contributed by atoms with Gasteiger partial charge in [0.2, 0.25) is 0 Å². The van der Waals surface area contributed by atoms with Gasteiger partial charge in [0, 0.05) is 12.8 Å². The molecule has 0 rings (SSSR count). The fraction of sp³-hybridized carbons (Fsp3) is 0.727. The van der Waals surface area contributed by atoms with Gasteiger partial charge in [0.25, 0.3) is 0 Å². The van der Waals surface area contributed by atoms with Gasteiger partial charge in [-0.15, -0.1) is 0 Å². The van der Waals surface area contributed by atoms with E-state index in [2.05, 4.69) is 54.8 Å². The highest BCUT2D eigenvalue weighted by Gasteiger charge is 2.27. The fourth-order valence-corrected chi connectivity index (χ4v) is 6.14. The zero-order valence-corrected chi connectivity index (χ0v) is 35.6. The van der Waals surface area contributed by atoms with Crippen LogP contribution in [0.4, 0.5) is 0 Å². The van der Waals surface area contributed by atoms with Gasteiger partial charge in [0.1, 0.15) is 12.7 Å². The van der Waals surface area contributed by atoms with Crippen molar-refractivity contribution in [2.75, 3.05) is 26.4 Å². The van der Waals surface area contributed by atoms with Crippen LogP contribution in [0.3, 0.4) is 0 Å². The van der Waals surface area contributed by atoms with Crippen LogP contribution in [0.15, 0.2) is 60.8 Å². The molecule has 0 spiro atoms. The summed E-state index contributed by atoms with van der Waals surface area (Å²) in [4.78, 5) is 34.9. The number of esters is 2. The Kier molecular flexibility index (Phi) is 37.8. The summed E-state index contributed by atoms with van der Waals surface area (Å²) in [5.41, 5.74) is 0. The summed E-state index contributed by atoms with van der Waals surface area (Å²) in [6.45, 7) is 2.12. The molecule has 0 aliphatic heterocycles. The first kappa shape index (κ1) is 53.6. The number of aliphatic hydroxyl groups is 3. The molecule has 1 unspecified atom stereocenters. The molecule has 0 aromatic carbocycles. The maximum Gasteiger partial charge on any atom is 0.472 e. The molecular weight excluding hydrogens is 735 g/mol. The van der Waals surface area contributed by atoms with E-state index in [9.17, 15) is 29.3 Å². The SMILES string of the molecule is CCCCCC/C=C\CCCCCCCCCC(=O)O[C@H](COC(=O)CCC/C=C\C/C=C\C/C=C\C/C=C\[C@@H](O)CCCC)COP(=O)(O)OC[C@@H](O)CO. The molecule has 0 aliphatic carbocycles. The van der Waals surface area contributed by atoms with Gasteiger partial charge in [0.05, 0.1) is 25.9 Å². The zero-order chi connectivity index (χ0) is 41.4. The minimum Gasteiger partial charge on any atom is -0.462 e. The van der Waals surface area contributed by atoms with Gasteiger partial charge in [0.15, 0.2) is 6.10 Å². The van der Waals surface area contributed by atoms with E-state index < -0.39 is 51.8 Å². The van der Waals surface area contributed by atoms with Crippen LogP contribution in [0.25, 0.3) is 0 Å². The average molecular weight is 813 g/mol. The molecule has 0 saturated carbocycles. The highest BCUT2D eigenvalue weighted by atomic mass is 31.2. The van der Waals surface area contributed by atoms with E-state index in [0.717, 1.165) is 70.6 Å². The molecule has 0 amide bonds. The van der Waals surface area contributed by atoms with Gasteiger partial charge in [-0.05, 0) is 70.6 Å². The van der Waals surface area contributed by atoms with Gasteiger partial charge in [-0.25, -0.2) is 4.57 Å². The van der Waals surface area contributed by atoms with Gasteiger partial charge >= 0.3 is 19.8 Å². The third-order valence-electron chi connectivity index (χ3n) is 8.72. The molecular formula is C44H77O11P. The first-order valence-electron chi connectivity index (χ1n) is 21.3. The van der Waals surface area contributed by atoms with Crippen molar-refractivity contribution in [3.63, 3.8) is 0 Å². The third-order valence-corrected chi connectivity index (χ3v) is 9.67. The van der Waals surface area contributed by atoms with Crippen molar-refractivity contribution in [1.29, 1.82) is 0 Å². The number of unbranched alkanes of at least 4 members (excludes halogenated alkanes) is 13. The van der Waals surface area contributed by atoms with Crippen molar-refractivity contribution in [1.82, 2.24) is 0 Å². The molecule has 0 radical (unpaired) electrons. The van der Waals surface area contributed by atoms with E-state index >= 15 is 0 Å². The van der Waals surface area contributed by atoms with Crippen LogP contribution in [0.2, 0.25) is 0 Å². The highest BCUT2D eigenvalue weighted by molar-refractivity contribution is 7.47. The highest BCUT2D eigenvalue weighted by Crippen LogP contribution is 2.43. The van der Waals surface area contributed by atoms with Crippen molar-refractivity contribution in [2.24, 2.45) is 0 Å². The van der Waals surface area contributed by atoms with Crippen molar-refractivity contribution < 1.29 is 52.9 Å². The maximum absolute atomic E-state index is 12.6. The third kappa shape index (κ3) is 38.5. The van der Waals surface area contributed by atoms with Crippen LogP contribution in [0.5, 0.6) is 0 Å². The first-order valence-corrected chi connectivity index (χ1v) is 22.8. The quantitative estimate of drug-likeness (QED) is 0.0202. The molecule has 0 saturated heterocycles. The smallest absolute Gasteiger partial charge is 0.462 e. The molecule has 324 valence electrons. The monoisotopic (exact) mass is 813 g/mol. The van der Waals surface area contributed by atoms with E-state index in [1.807, 2.05) is 24.3 Å². The van der Waals surface area contributed by atoms with Crippen LogP contribution in [-0.4, -0.2) is 76.9 Å². The molecule has 0 bridgehead atoms. The largest absolute Gasteiger partial charge is 0.472 e. The lowest BCUT2D eigenvalue weighted by Crippen LogP contribution is -2.29. The summed E-state index contributed by atoms with van der Waals surface area (Å²) < 4.78 is 32.6. The van der Waals surface area contributed by atoms with Gasteiger partial charge in [-0.1, -0.05) is 139 Å². The topological polar surface area (TPSA) is 169 Å². The van der Waals surface area contributed by atoms with E-state index in [1.165, 1.54) is 44.9 Å². The van der Waals surface area contributed by atoms with Crippen LogP contribution >= 0.6 is 7.82 Å². The molecule has 0 aliphatic rings. The van der Waals surface area contributed by atoms with Crippen LogP contribution < -0.4 is 0 Å².